The summed E-state index contributed by atoms with van der Waals surface area (Å²) in [6.07, 6.45) is 15.4. The summed E-state index contributed by atoms with van der Waals surface area (Å²) in [7, 11) is 1.80. The van der Waals surface area contributed by atoms with Gasteiger partial charge in [0.25, 0.3) is 0 Å². The summed E-state index contributed by atoms with van der Waals surface area (Å²) in [6, 6.07) is 10.2. The van der Waals surface area contributed by atoms with Crippen LogP contribution in [0, 0.1) is 0 Å². The first-order valence-electron chi connectivity index (χ1n) is 10.2. The van der Waals surface area contributed by atoms with Gasteiger partial charge >= 0.3 is 0 Å². The lowest BCUT2D eigenvalue weighted by Gasteiger charge is -2.12. The van der Waals surface area contributed by atoms with Crippen molar-refractivity contribution in [2.45, 2.75) is 77.2 Å². The van der Waals surface area contributed by atoms with Crippen molar-refractivity contribution < 1.29 is 9.53 Å². The molecule has 1 N–H and O–H groups in total. The largest absolute Gasteiger partial charge is 0.381 e. The summed E-state index contributed by atoms with van der Waals surface area (Å²) < 4.78 is 5.55. The molecule has 0 aliphatic heterocycles. The maximum absolute atomic E-state index is 11.8. The Kier molecular flexibility index (Phi) is 13.5. The molecule has 0 aromatic heterocycles. The Morgan fingerprint density at radius 3 is 2.62 bits per heavy atom. The molecule has 0 heterocycles. The van der Waals surface area contributed by atoms with Gasteiger partial charge in [0.2, 0.25) is 5.91 Å². The molecule has 26 heavy (non-hydrogen) atoms. The molecule has 3 heteroatoms. The van der Waals surface area contributed by atoms with Crippen LogP contribution in [-0.4, -0.2) is 25.7 Å². The summed E-state index contributed by atoms with van der Waals surface area (Å²) in [5, 5.41) is 2.99. The number of ether oxygens (including phenoxy) is 1. The molecule has 1 amide bonds. The van der Waals surface area contributed by atoms with E-state index in [1.807, 2.05) is 18.2 Å². The lowest BCUT2D eigenvalue weighted by atomic mass is 10.1. The fourth-order valence-corrected chi connectivity index (χ4v) is 2.97. The van der Waals surface area contributed by atoms with E-state index in [1.165, 1.54) is 37.7 Å². The zero-order chi connectivity index (χ0) is 18.9. The average Bonchev–Trinajstić information content (AvgIpc) is 2.66. The molecule has 3 nitrogen and oxygen atoms in total. The molecule has 0 spiro atoms. The molecule has 1 atom stereocenters. The van der Waals surface area contributed by atoms with Gasteiger partial charge in [-0.3, -0.25) is 4.79 Å². The van der Waals surface area contributed by atoms with E-state index in [9.17, 15) is 4.79 Å². The number of hydrogen-bond acceptors (Lipinski definition) is 2. The Balaban J connectivity index is 2.04. The van der Waals surface area contributed by atoms with Crippen molar-refractivity contribution >= 4 is 5.91 Å². The van der Waals surface area contributed by atoms with E-state index >= 15 is 0 Å². The first-order chi connectivity index (χ1) is 12.8. The van der Waals surface area contributed by atoms with Crippen LogP contribution >= 0.6 is 0 Å². The van der Waals surface area contributed by atoms with Crippen molar-refractivity contribution in [3.05, 3.63) is 48.0 Å². The predicted octanol–water partition coefficient (Wildman–Crippen LogP) is 5.45. The van der Waals surface area contributed by atoms with E-state index < -0.39 is 0 Å². The molecule has 0 saturated heterocycles. The maximum atomic E-state index is 11.8. The number of unbranched alkanes of at least 4 members (excludes halogenated alkanes) is 4. The van der Waals surface area contributed by atoms with Crippen LogP contribution in [-0.2, 0) is 16.0 Å². The SMILES string of the molecule is CCCCCCC[C@H](CC=CCCC(=O)NCCc1ccccc1)OC. The van der Waals surface area contributed by atoms with E-state index in [0.29, 0.717) is 19.1 Å². The van der Waals surface area contributed by atoms with Gasteiger partial charge in [0.05, 0.1) is 6.10 Å². The number of nitrogens with one attached hydrogen (secondary N) is 1. The molecule has 146 valence electrons. The first-order valence-corrected chi connectivity index (χ1v) is 10.2. The quantitative estimate of drug-likeness (QED) is 0.334. The maximum Gasteiger partial charge on any atom is 0.220 e. The van der Waals surface area contributed by atoms with Crippen molar-refractivity contribution in [3.63, 3.8) is 0 Å². The van der Waals surface area contributed by atoms with Crippen LogP contribution in [0.1, 0.15) is 70.3 Å². The second-order valence-corrected chi connectivity index (χ2v) is 6.89. The molecule has 0 fully saturated rings. The molecule has 1 aromatic carbocycles. The normalized spacial score (nSPS) is 12.4. The number of carbonyl (C=O) groups excluding carboxylic acids is 1. The summed E-state index contributed by atoms with van der Waals surface area (Å²) in [5.74, 6) is 0.129. The number of carbonyl (C=O) groups is 1. The van der Waals surface area contributed by atoms with Gasteiger partial charge in [-0.05, 0) is 31.2 Å². The monoisotopic (exact) mass is 359 g/mol. The summed E-state index contributed by atoms with van der Waals surface area (Å²) in [6.45, 7) is 2.95. The minimum Gasteiger partial charge on any atom is -0.381 e. The van der Waals surface area contributed by atoms with E-state index in [0.717, 1.165) is 25.7 Å². The summed E-state index contributed by atoms with van der Waals surface area (Å²) >= 11 is 0. The molecule has 0 bridgehead atoms. The highest BCUT2D eigenvalue weighted by Gasteiger charge is 2.04. The first kappa shape index (κ1) is 22.4. The minimum absolute atomic E-state index is 0.129. The zero-order valence-corrected chi connectivity index (χ0v) is 16.7. The molecular weight excluding hydrogens is 322 g/mol. The molecule has 0 aliphatic carbocycles. The number of methoxy groups -OCH3 is 1. The van der Waals surface area contributed by atoms with Gasteiger partial charge in [0.15, 0.2) is 0 Å². The highest BCUT2D eigenvalue weighted by Crippen LogP contribution is 2.12. The Labute approximate surface area is 160 Å². The van der Waals surface area contributed by atoms with E-state index in [-0.39, 0.29) is 5.91 Å². The van der Waals surface area contributed by atoms with Crippen molar-refractivity contribution in [2.24, 2.45) is 0 Å². The second-order valence-electron chi connectivity index (χ2n) is 6.89. The summed E-state index contributed by atoms with van der Waals surface area (Å²) in [5.41, 5.74) is 1.26. The van der Waals surface area contributed by atoms with E-state index in [1.54, 1.807) is 7.11 Å². The van der Waals surface area contributed by atoms with Crippen molar-refractivity contribution in [1.82, 2.24) is 5.32 Å². The number of amides is 1. The van der Waals surface area contributed by atoms with Gasteiger partial charge in [-0.25, -0.2) is 0 Å². The molecular formula is C23H37NO2. The minimum atomic E-state index is 0.129. The Morgan fingerprint density at radius 2 is 1.88 bits per heavy atom. The van der Waals surface area contributed by atoms with Gasteiger partial charge in [-0.2, -0.15) is 0 Å². The zero-order valence-electron chi connectivity index (χ0n) is 16.7. The van der Waals surface area contributed by atoms with Crippen LogP contribution in [0.5, 0.6) is 0 Å². The van der Waals surface area contributed by atoms with Crippen LogP contribution < -0.4 is 5.32 Å². The van der Waals surface area contributed by atoms with Gasteiger partial charge < -0.3 is 10.1 Å². The molecule has 1 aromatic rings. The van der Waals surface area contributed by atoms with Crippen molar-refractivity contribution in [2.75, 3.05) is 13.7 Å². The third-order valence-electron chi connectivity index (χ3n) is 4.65. The van der Waals surface area contributed by atoms with Gasteiger partial charge in [-0.15, -0.1) is 0 Å². The highest BCUT2D eigenvalue weighted by atomic mass is 16.5. The topological polar surface area (TPSA) is 38.3 Å². The van der Waals surface area contributed by atoms with E-state index in [2.05, 4.69) is 36.5 Å². The van der Waals surface area contributed by atoms with Crippen LogP contribution in [0.25, 0.3) is 0 Å². The lowest BCUT2D eigenvalue weighted by Crippen LogP contribution is -2.25. The van der Waals surface area contributed by atoms with Gasteiger partial charge in [-0.1, -0.05) is 81.5 Å². The fraction of sp³-hybridized carbons (Fsp3) is 0.609. The van der Waals surface area contributed by atoms with Crippen molar-refractivity contribution in [1.29, 1.82) is 0 Å². The Bertz CT molecular complexity index is 484. The third kappa shape index (κ3) is 11.9. The van der Waals surface area contributed by atoms with Crippen LogP contribution in [0.15, 0.2) is 42.5 Å². The smallest absolute Gasteiger partial charge is 0.220 e. The average molecular weight is 360 g/mol. The highest BCUT2D eigenvalue weighted by molar-refractivity contribution is 5.75. The molecule has 0 aliphatic rings. The predicted molar refractivity (Wildman–Crippen MR) is 110 cm³/mol. The van der Waals surface area contributed by atoms with Crippen LogP contribution in [0.2, 0.25) is 0 Å². The number of benzene rings is 1. The number of rotatable bonds is 15. The van der Waals surface area contributed by atoms with Gasteiger partial charge in [0.1, 0.15) is 0 Å². The second kappa shape index (κ2) is 15.6. The van der Waals surface area contributed by atoms with Crippen molar-refractivity contribution in [3.8, 4) is 0 Å². The van der Waals surface area contributed by atoms with Gasteiger partial charge in [0, 0.05) is 20.1 Å². The fourth-order valence-electron chi connectivity index (χ4n) is 2.97. The third-order valence-corrected chi connectivity index (χ3v) is 4.65. The molecule has 1 rings (SSSR count). The van der Waals surface area contributed by atoms with Crippen LogP contribution in [0.3, 0.4) is 0 Å². The number of allylic oxidation sites excluding steroid dienone is 1. The number of hydrogen-bond donors (Lipinski definition) is 1. The summed E-state index contributed by atoms with van der Waals surface area (Å²) in [4.78, 5) is 11.8. The lowest BCUT2D eigenvalue weighted by molar-refractivity contribution is -0.120. The molecule has 0 radical (unpaired) electrons. The Hall–Kier alpha value is -1.61. The standard InChI is InChI=1S/C23H37NO2/c1-3-4-5-6-11-16-22(26-2)17-12-8-13-18-23(25)24-20-19-21-14-9-7-10-15-21/h7-10,12,14-15,22H,3-6,11,13,16-20H2,1-2H3,(H,24,25)/t22-/m1/s1. The van der Waals surface area contributed by atoms with E-state index in [4.69, 9.17) is 4.74 Å². The Morgan fingerprint density at radius 1 is 1.12 bits per heavy atom. The molecule has 0 unspecified atom stereocenters. The molecule has 0 saturated carbocycles. The van der Waals surface area contributed by atoms with Crippen LogP contribution in [0.4, 0.5) is 0 Å².